The molecule has 1 saturated heterocycles. The molecule has 0 aromatic rings. The van der Waals surface area contributed by atoms with Crippen LogP contribution in [0.15, 0.2) is 0 Å². The lowest BCUT2D eigenvalue weighted by Gasteiger charge is -2.44. The van der Waals surface area contributed by atoms with E-state index in [4.69, 9.17) is 9.47 Å². The molecule has 26 heavy (non-hydrogen) atoms. The topological polar surface area (TPSA) is 93.2 Å². The lowest BCUT2D eigenvalue weighted by molar-refractivity contribution is -0.163. The molecule has 0 aromatic heterocycles. The quantitative estimate of drug-likeness (QED) is 0.354. The minimum atomic E-state index is -0.918. The van der Waals surface area contributed by atoms with Crippen molar-refractivity contribution in [2.75, 3.05) is 40.5 Å². The Bertz CT molecular complexity index is 485. The monoisotopic (exact) mass is 406 g/mol. The predicted octanol–water partition coefficient (Wildman–Crippen LogP) is 0.160. The largest absolute Gasteiger partial charge is 0.385 e. The van der Waals surface area contributed by atoms with E-state index in [1.165, 1.54) is 24.0 Å². The van der Waals surface area contributed by atoms with E-state index in [0.717, 1.165) is 0 Å². The van der Waals surface area contributed by atoms with E-state index in [0.29, 0.717) is 26.1 Å². The molecular formula is C16H26N2O6S2. The summed E-state index contributed by atoms with van der Waals surface area (Å²) in [6.45, 7) is 1.33. The predicted molar refractivity (Wildman–Crippen MR) is 101 cm³/mol. The normalized spacial score (nSPS) is 20.6. The number of methoxy groups -OCH3 is 2. The third-order valence-electron chi connectivity index (χ3n) is 4.12. The van der Waals surface area contributed by atoms with Gasteiger partial charge in [-0.2, -0.15) is 0 Å². The Morgan fingerprint density at radius 2 is 1.19 bits per heavy atom. The number of rotatable bonds is 12. The average Bonchev–Trinajstić information content (AvgIpc) is 2.57. The van der Waals surface area contributed by atoms with Gasteiger partial charge < -0.3 is 19.3 Å². The van der Waals surface area contributed by atoms with Crippen LogP contribution in [0.2, 0.25) is 0 Å². The number of hydrogen-bond donors (Lipinski definition) is 2. The highest BCUT2D eigenvalue weighted by Gasteiger charge is 2.46. The molecule has 0 saturated carbocycles. The average molecular weight is 407 g/mol. The zero-order chi connectivity index (χ0) is 19.7. The van der Waals surface area contributed by atoms with Crippen molar-refractivity contribution in [3.8, 4) is 0 Å². The molecule has 0 spiro atoms. The van der Waals surface area contributed by atoms with Gasteiger partial charge in [0.05, 0.1) is 0 Å². The minimum absolute atomic E-state index is 0.178. The maximum absolute atomic E-state index is 13.0. The third kappa shape index (κ3) is 6.57. The van der Waals surface area contributed by atoms with Crippen molar-refractivity contribution in [1.29, 1.82) is 0 Å². The standard InChI is InChI=1S/C16H26N2O6S2/c1-23-7-3-5-17-11(9-13(19)25)16(22)18(6-4-8-24-2)12(15(17)21)10-14(20)26/h11-12H,3-10H2,1-2H3,(H,19,25)(H,20,26). The first-order valence-electron chi connectivity index (χ1n) is 8.35. The summed E-state index contributed by atoms with van der Waals surface area (Å²) in [5.41, 5.74) is 0. The summed E-state index contributed by atoms with van der Waals surface area (Å²) in [6, 6.07) is -1.84. The first-order chi connectivity index (χ1) is 12.3. The first kappa shape index (κ1) is 22.9. The maximum atomic E-state index is 13.0. The number of carbonyl (C=O) groups excluding carboxylic acids is 4. The van der Waals surface area contributed by atoms with Gasteiger partial charge in [-0.15, -0.1) is 25.3 Å². The van der Waals surface area contributed by atoms with Crippen LogP contribution < -0.4 is 0 Å². The maximum Gasteiger partial charge on any atom is 0.246 e. The van der Waals surface area contributed by atoms with Crippen molar-refractivity contribution in [2.45, 2.75) is 37.8 Å². The van der Waals surface area contributed by atoms with E-state index in [9.17, 15) is 19.2 Å². The Morgan fingerprint density at radius 3 is 1.46 bits per heavy atom. The smallest absolute Gasteiger partial charge is 0.246 e. The molecule has 1 fully saturated rings. The molecule has 2 amide bonds. The van der Waals surface area contributed by atoms with E-state index < -0.39 is 22.3 Å². The fraction of sp³-hybridized carbons (Fsp3) is 0.750. The molecule has 2 atom stereocenters. The van der Waals surface area contributed by atoms with Crippen molar-refractivity contribution in [1.82, 2.24) is 9.80 Å². The SMILES string of the molecule is COCCCN1C(=O)C(CC(=O)S)N(CCCOC)C(=O)C1CC(=O)S. The molecule has 0 aliphatic carbocycles. The summed E-state index contributed by atoms with van der Waals surface area (Å²) in [5, 5.41) is -0.957. The third-order valence-corrected chi connectivity index (χ3v) is 4.48. The zero-order valence-corrected chi connectivity index (χ0v) is 16.8. The highest BCUT2D eigenvalue weighted by molar-refractivity contribution is 7.96. The molecule has 1 rings (SSSR count). The molecule has 1 heterocycles. The molecule has 1 aliphatic rings. The number of hydrogen-bond acceptors (Lipinski definition) is 6. The summed E-state index contributed by atoms with van der Waals surface area (Å²) in [4.78, 5) is 51.7. The van der Waals surface area contributed by atoms with Gasteiger partial charge in [0.2, 0.25) is 11.8 Å². The van der Waals surface area contributed by atoms with Gasteiger partial charge in [0.25, 0.3) is 0 Å². The second-order valence-electron chi connectivity index (χ2n) is 5.98. The molecule has 0 radical (unpaired) electrons. The van der Waals surface area contributed by atoms with Gasteiger partial charge in [0.15, 0.2) is 10.2 Å². The molecule has 0 bridgehead atoms. The van der Waals surface area contributed by atoms with Crippen LogP contribution in [-0.2, 0) is 28.7 Å². The van der Waals surface area contributed by atoms with E-state index in [1.807, 2.05) is 0 Å². The Labute approximate surface area is 164 Å². The fourth-order valence-corrected chi connectivity index (χ4v) is 3.32. The number of thiol groups is 2. The molecule has 148 valence electrons. The van der Waals surface area contributed by atoms with Gasteiger partial charge in [-0.05, 0) is 12.8 Å². The van der Waals surface area contributed by atoms with Crippen LogP contribution >= 0.6 is 25.3 Å². The van der Waals surface area contributed by atoms with Crippen LogP contribution in [-0.4, -0.2) is 84.5 Å². The van der Waals surface area contributed by atoms with Crippen LogP contribution in [0.25, 0.3) is 0 Å². The van der Waals surface area contributed by atoms with Gasteiger partial charge in [-0.1, -0.05) is 0 Å². The number of carbonyl (C=O) groups is 4. The Balaban J connectivity index is 3.09. The molecule has 1 aliphatic heterocycles. The molecular weight excluding hydrogens is 380 g/mol. The van der Waals surface area contributed by atoms with E-state index >= 15 is 0 Å². The molecule has 8 nitrogen and oxygen atoms in total. The van der Waals surface area contributed by atoms with E-state index in [-0.39, 0.29) is 37.7 Å². The highest BCUT2D eigenvalue weighted by Crippen LogP contribution is 2.24. The second kappa shape index (κ2) is 11.6. The summed E-state index contributed by atoms with van der Waals surface area (Å²) < 4.78 is 9.99. The van der Waals surface area contributed by atoms with Crippen molar-refractivity contribution in [3.05, 3.63) is 0 Å². The number of piperazine rings is 1. The molecule has 10 heteroatoms. The summed E-state index contributed by atoms with van der Waals surface area (Å²) in [5.74, 6) is -0.722. The van der Waals surface area contributed by atoms with Crippen LogP contribution in [0.5, 0.6) is 0 Å². The summed E-state index contributed by atoms with van der Waals surface area (Å²) >= 11 is 7.53. The van der Waals surface area contributed by atoms with Gasteiger partial charge in [0, 0.05) is 53.4 Å². The lowest BCUT2D eigenvalue weighted by Crippen LogP contribution is -2.65. The zero-order valence-electron chi connectivity index (χ0n) is 15.0. The van der Waals surface area contributed by atoms with Gasteiger partial charge in [0.1, 0.15) is 12.1 Å². The number of nitrogens with zero attached hydrogens (tertiary/aromatic N) is 2. The molecule has 0 aromatic carbocycles. The van der Waals surface area contributed by atoms with Crippen molar-refractivity contribution >= 4 is 47.3 Å². The van der Waals surface area contributed by atoms with Crippen LogP contribution in [0.3, 0.4) is 0 Å². The van der Waals surface area contributed by atoms with Crippen LogP contribution in [0.1, 0.15) is 25.7 Å². The highest BCUT2D eigenvalue weighted by atomic mass is 32.1. The van der Waals surface area contributed by atoms with Crippen molar-refractivity contribution in [2.24, 2.45) is 0 Å². The Kier molecular flexibility index (Phi) is 10.2. The van der Waals surface area contributed by atoms with Crippen LogP contribution in [0.4, 0.5) is 0 Å². The van der Waals surface area contributed by atoms with Gasteiger partial charge in [-0.3, -0.25) is 19.2 Å². The number of ether oxygens (including phenoxy) is 2. The van der Waals surface area contributed by atoms with Crippen LogP contribution in [0, 0.1) is 0 Å². The van der Waals surface area contributed by atoms with E-state index in [2.05, 4.69) is 25.3 Å². The first-order valence-corrected chi connectivity index (χ1v) is 9.25. The number of amides is 2. The molecule has 0 N–H and O–H groups in total. The Hall–Kier alpha value is -1.10. The van der Waals surface area contributed by atoms with Crippen molar-refractivity contribution in [3.63, 3.8) is 0 Å². The summed E-state index contributed by atoms with van der Waals surface area (Å²) in [7, 11) is 3.08. The summed E-state index contributed by atoms with van der Waals surface area (Å²) in [6.07, 6.45) is 0.669. The van der Waals surface area contributed by atoms with Gasteiger partial charge >= 0.3 is 0 Å². The Morgan fingerprint density at radius 1 is 0.846 bits per heavy atom. The van der Waals surface area contributed by atoms with Crippen molar-refractivity contribution < 1.29 is 28.7 Å². The fourth-order valence-electron chi connectivity index (χ4n) is 2.97. The molecule has 2 unspecified atom stereocenters. The lowest BCUT2D eigenvalue weighted by atomic mass is 9.99. The van der Waals surface area contributed by atoms with E-state index in [1.54, 1.807) is 0 Å². The second-order valence-corrected chi connectivity index (χ2v) is 6.98. The van der Waals surface area contributed by atoms with Gasteiger partial charge in [-0.25, -0.2) is 0 Å². The minimum Gasteiger partial charge on any atom is -0.385 e.